The molecule has 3 aromatic carbocycles. The van der Waals surface area contributed by atoms with Crippen LogP contribution in [0.5, 0.6) is 5.75 Å². The van der Waals surface area contributed by atoms with Crippen molar-refractivity contribution in [3.05, 3.63) is 103 Å². The summed E-state index contributed by atoms with van der Waals surface area (Å²) in [6, 6.07) is 24.4. The number of fused-ring (bicyclic) bond motifs is 1. The first-order valence-electron chi connectivity index (χ1n) is 10.3. The average molecular weight is 424 g/mol. The topological polar surface area (TPSA) is 52.0 Å². The van der Waals surface area contributed by atoms with Crippen molar-refractivity contribution in [3.63, 3.8) is 0 Å². The standard InChI is InChI=1S/C26H21FN4O/c1-32-22-13-7-18(8-14-22)15-28-25-24-23(19-5-3-2-4-6-19)16-31(26(24)30-17-29-25)21-11-9-20(27)10-12-21/h2-14,16-17H,15H2,1H3,(H,28,29,30). The summed E-state index contributed by atoms with van der Waals surface area (Å²) < 4.78 is 20.7. The number of rotatable bonds is 6. The second-order valence-electron chi connectivity index (χ2n) is 7.38. The fourth-order valence-electron chi connectivity index (χ4n) is 3.76. The first-order valence-corrected chi connectivity index (χ1v) is 10.3. The van der Waals surface area contributed by atoms with Crippen molar-refractivity contribution in [2.75, 3.05) is 12.4 Å². The molecule has 0 atom stereocenters. The molecular weight excluding hydrogens is 403 g/mol. The molecule has 5 nitrogen and oxygen atoms in total. The number of hydrogen-bond donors (Lipinski definition) is 1. The SMILES string of the molecule is COc1ccc(CNc2ncnc3c2c(-c2ccccc2)cn3-c2ccc(F)cc2)cc1. The van der Waals surface area contributed by atoms with E-state index in [1.807, 2.05) is 53.2 Å². The van der Waals surface area contributed by atoms with Gasteiger partial charge in [-0.2, -0.15) is 0 Å². The molecule has 0 bridgehead atoms. The monoisotopic (exact) mass is 424 g/mol. The van der Waals surface area contributed by atoms with Crippen LogP contribution in [-0.2, 0) is 6.54 Å². The number of halogens is 1. The summed E-state index contributed by atoms with van der Waals surface area (Å²) in [5, 5.41) is 4.37. The zero-order chi connectivity index (χ0) is 21.9. The molecule has 158 valence electrons. The molecule has 0 aliphatic rings. The van der Waals surface area contributed by atoms with Gasteiger partial charge in [-0.1, -0.05) is 42.5 Å². The Morgan fingerprint density at radius 1 is 0.906 bits per heavy atom. The number of ether oxygens (including phenoxy) is 1. The number of nitrogens with one attached hydrogen (secondary N) is 1. The van der Waals surface area contributed by atoms with E-state index in [1.165, 1.54) is 12.1 Å². The molecule has 0 aliphatic carbocycles. The highest BCUT2D eigenvalue weighted by atomic mass is 19.1. The van der Waals surface area contributed by atoms with E-state index in [0.717, 1.165) is 45.0 Å². The van der Waals surface area contributed by atoms with Crippen molar-refractivity contribution < 1.29 is 9.13 Å². The smallest absolute Gasteiger partial charge is 0.150 e. The van der Waals surface area contributed by atoms with E-state index in [4.69, 9.17) is 4.74 Å². The Labute approximate surface area is 185 Å². The van der Waals surface area contributed by atoms with Crippen LogP contribution >= 0.6 is 0 Å². The Morgan fingerprint density at radius 2 is 1.66 bits per heavy atom. The molecule has 0 spiro atoms. The third-order valence-electron chi connectivity index (χ3n) is 5.39. The van der Waals surface area contributed by atoms with Crippen LogP contribution in [0.15, 0.2) is 91.4 Å². The number of benzene rings is 3. The van der Waals surface area contributed by atoms with Crippen molar-refractivity contribution >= 4 is 16.9 Å². The van der Waals surface area contributed by atoms with Crippen molar-refractivity contribution in [3.8, 4) is 22.6 Å². The van der Waals surface area contributed by atoms with Gasteiger partial charge in [0.2, 0.25) is 0 Å². The maximum Gasteiger partial charge on any atom is 0.150 e. The zero-order valence-electron chi connectivity index (χ0n) is 17.5. The van der Waals surface area contributed by atoms with Crippen LogP contribution in [0.4, 0.5) is 10.2 Å². The van der Waals surface area contributed by atoms with E-state index in [0.29, 0.717) is 6.54 Å². The van der Waals surface area contributed by atoms with Gasteiger partial charge in [0.25, 0.3) is 0 Å². The molecule has 6 heteroatoms. The summed E-state index contributed by atoms with van der Waals surface area (Å²) in [7, 11) is 1.65. The minimum absolute atomic E-state index is 0.273. The van der Waals surface area contributed by atoms with Crippen LogP contribution in [0.1, 0.15) is 5.56 Å². The molecule has 0 amide bonds. The maximum absolute atomic E-state index is 13.5. The largest absolute Gasteiger partial charge is 0.497 e. The van der Waals surface area contributed by atoms with Crippen molar-refractivity contribution in [1.82, 2.24) is 14.5 Å². The minimum Gasteiger partial charge on any atom is -0.497 e. The van der Waals surface area contributed by atoms with E-state index in [9.17, 15) is 4.39 Å². The molecule has 2 heterocycles. The number of nitrogens with zero attached hydrogens (tertiary/aromatic N) is 3. The van der Waals surface area contributed by atoms with Gasteiger partial charge in [-0.25, -0.2) is 14.4 Å². The minimum atomic E-state index is -0.273. The molecule has 0 unspecified atom stereocenters. The van der Waals surface area contributed by atoms with Crippen molar-refractivity contribution in [2.24, 2.45) is 0 Å². The molecule has 5 rings (SSSR count). The van der Waals surface area contributed by atoms with E-state index in [1.54, 1.807) is 25.6 Å². The Bertz CT molecular complexity index is 1350. The number of anilines is 1. The summed E-state index contributed by atoms with van der Waals surface area (Å²) in [6.45, 7) is 0.603. The van der Waals surface area contributed by atoms with Gasteiger partial charge in [0.05, 0.1) is 12.5 Å². The highest BCUT2D eigenvalue weighted by Crippen LogP contribution is 2.35. The molecule has 0 aliphatic heterocycles. The van der Waals surface area contributed by atoms with E-state index < -0.39 is 0 Å². The zero-order valence-corrected chi connectivity index (χ0v) is 17.5. The molecule has 5 aromatic rings. The molecular formula is C26H21FN4O. The van der Waals surface area contributed by atoms with E-state index >= 15 is 0 Å². The highest BCUT2D eigenvalue weighted by molar-refractivity contribution is 6.02. The van der Waals surface area contributed by atoms with Gasteiger partial charge in [0.1, 0.15) is 23.7 Å². The van der Waals surface area contributed by atoms with E-state index in [2.05, 4.69) is 27.4 Å². The van der Waals surface area contributed by atoms with Crippen LogP contribution in [0.2, 0.25) is 0 Å². The summed E-state index contributed by atoms with van der Waals surface area (Å²) in [5.41, 5.74) is 4.75. The lowest BCUT2D eigenvalue weighted by Crippen LogP contribution is -2.03. The van der Waals surface area contributed by atoms with Crippen LogP contribution in [0, 0.1) is 5.82 Å². The van der Waals surface area contributed by atoms with Gasteiger partial charge >= 0.3 is 0 Å². The van der Waals surface area contributed by atoms with Crippen LogP contribution in [0.25, 0.3) is 27.8 Å². The quantitative estimate of drug-likeness (QED) is 0.372. The third kappa shape index (κ3) is 3.78. The summed E-state index contributed by atoms with van der Waals surface area (Å²) >= 11 is 0. The second kappa shape index (κ2) is 8.51. The van der Waals surface area contributed by atoms with Crippen molar-refractivity contribution in [1.29, 1.82) is 0 Å². The van der Waals surface area contributed by atoms with Gasteiger partial charge in [0.15, 0.2) is 5.65 Å². The summed E-state index contributed by atoms with van der Waals surface area (Å²) in [4.78, 5) is 9.11. The third-order valence-corrected chi connectivity index (χ3v) is 5.39. The van der Waals surface area contributed by atoms with Gasteiger partial charge < -0.3 is 14.6 Å². The Morgan fingerprint density at radius 3 is 2.38 bits per heavy atom. The average Bonchev–Trinajstić information content (AvgIpc) is 3.24. The van der Waals surface area contributed by atoms with Gasteiger partial charge in [-0.05, 0) is 47.5 Å². The van der Waals surface area contributed by atoms with Crippen molar-refractivity contribution in [2.45, 2.75) is 6.54 Å². The molecule has 0 saturated heterocycles. The predicted octanol–water partition coefficient (Wildman–Crippen LogP) is 5.85. The van der Waals surface area contributed by atoms with Gasteiger partial charge in [-0.3, -0.25) is 0 Å². The van der Waals surface area contributed by atoms with Crippen LogP contribution in [0.3, 0.4) is 0 Å². The predicted molar refractivity (Wildman–Crippen MR) is 125 cm³/mol. The molecule has 2 aromatic heterocycles. The lowest BCUT2D eigenvalue weighted by atomic mass is 10.1. The first-order chi connectivity index (χ1) is 15.7. The molecule has 0 saturated carbocycles. The van der Waals surface area contributed by atoms with E-state index in [-0.39, 0.29) is 5.82 Å². The molecule has 0 fully saturated rings. The van der Waals surface area contributed by atoms with Gasteiger partial charge in [0, 0.05) is 24.0 Å². The van der Waals surface area contributed by atoms with Gasteiger partial charge in [-0.15, -0.1) is 0 Å². The highest BCUT2D eigenvalue weighted by Gasteiger charge is 2.17. The summed E-state index contributed by atoms with van der Waals surface area (Å²) in [5.74, 6) is 1.29. The summed E-state index contributed by atoms with van der Waals surface area (Å²) in [6.07, 6.45) is 3.58. The fourth-order valence-corrected chi connectivity index (χ4v) is 3.76. The first kappa shape index (κ1) is 19.8. The molecule has 0 radical (unpaired) electrons. The maximum atomic E-state index is 13.5. The lowest BCUT2D eigenvalue weighted by Gasteiger charge is -2.09. The number of methoxy groups -OCH3 is 1. The second-order valence-corrected chi connectivity index (χ2v) is 7.38. The normalized spacial score (nSPS) is 10.9. The molecule has 1 N–H and O–H groups in total. The number of hydrogen-bond acceptors (Lipinski definition) is 4. The Kier molecular flexibility index (Phi) is 5.25. The fraction of sp³-hybridized carbons (Fsp3) is 0.0769. The Hall–Kier alpha value is -4.19. The Balaban J connectivity index is 1.60. The van der Waals surface area contributed by atoms with Crippen LogP contribution in [-0.4, -0.2) is 21.6 Å². The number of aromatic nitrogens is 3. The van der Waals surface area contributed by atoms with Crippen LogP contribution < -0.4 is 10.1 Å². The lowest BCUT2D eigenvalue weighted by molar-refractivity contribution is 0.414. The molecule has 32 heavy (non-hydrogen) atoms.